The van der Waals surface area contributed by atoms with E-state index in [1.807, 2.05) is 28.9 Å². The van der Waals surface area contributed by atoms with Gasteiger partial charge in [0.1, 0.15) is 0 Å². The third-order valence-electron chi connectivity index (χ3n) is 5.33. The van der Waals surface area contributed by atoms with Crippen LogP contribution >= 0.6 is 0 Å². The molecule has 0 N–H and O–H groups in total. The van der Waals surface area contributed by atoms with Crippen molar-refractivity contribution in [3.8, 4) is 0 Å². The topological polar surface area (TPSA) is 26.8 Å². The number of nitrogens with zero attached hydrogens (tertiary/aromatic N) is 3. The Hall–Kier alpha value is -2.49. The van der Waals surface area contributed by atoms with Crippen LogP contribution in [0.2, 0.25) is 0 Å². The van der Waals surface area contributed by atoms with Crippen molar-refractivity contribution in [2.45, 2.75) is 27.7 Å². The van der Waals surface area contributed by atoms with Crippen molar-refractivity contribution in [1.82, 2.24) is 4.90 Å². The number of anilines is 2. The molecule has 0 atom stereocenters. The third-order valence-corrected chi connectivity index (χ3v) is 5.33. The van der Waals surface area contributed by atoms with Gasteiger partial charge in [-0.15, -0.1) is 0 Å². The van der Waals surface area contributed by atoms with Crippen molar-refractivity contribution in [2.75, 3.05) is 42.5 Å². The third kappa shape index (κ3) is 3.69. The lowest BCUT2D eigenvalue weighted by Crippen LogP contribution is -2.53. The van der Waals surface area contributed by atoms with Crippen LogP contribution in [0.4, 0.5) is 16.2 Å². The van der Waals surface area contributed by atoms with Crippen LogP contribution in [0.25, 0.3) is 0 Å². The van der Waals surface area contributed by atoms with Gasteiger partial charge in [0.15, 0.2) is 0 Å². The van der Waals surface area contributed by atoms with E-state index in [4.69, 9.17) is 0 Å². The predicted molar refractivity (Wildman–Crippen MR) is 109 cm³/mol. The summed E-state index contributed by atoms with van der Waals surface area (Å²) in [6, 6.07) is 14.7. The second kappa shape index (κ2) is 7.81. The summed E-state index contributed by atoms with van der Waals surface area (Å²) in [5.41, 5.74) is 6.10. The SMILES string of the molecule is CCN(C(=O)N1CCN(c2cccc(C)c2C)CC1)c1cccc(C)c1. The summed E-state index contributed by atoms with van der Waals surface area (Å²) in [6.07, 6.45) is 0. The minimum absolute atomic E-state index is 0.110. The molecule has 4 heteroatoms. The molecule has 2 aromatic rings. The van der Waals surface area contributed by atoms with Gasteiger partial charge in [-0.05, 0) is 62.6 Å². The van der Waals surface area contributed by atoms with Gasteiger partial charge in [-0.25, -0.2) is 4.79 Å². The maximum atomic E-state index is 13.0. The Morgan fingerprint density at radius 1 is 1.00 bits per heavy atom. The first kappa shape index (κ1) is 18.3. The maximum absolute atomic E-state index is 13.0. The fourth-order valence-corrected chi connectivity index (χ4v) is 3.61. The summed E-state index contributed by atoms with van der Waals surface area (Å²) in [5.74, 6) is 0. The molecule has 0 saturated carbocycles. The van der Waals surface area contributed by atoms with Crippen LogP contribution in [0.1, 0.15) is 23.6 Å². The van der Waals surface area contributed by atoms with Crippen LogP contribution in [0, 0.1) is 20.8 Å². The summed E-state index contributed by atoms with van der Waals surface area (Å²) in [4.78, 5) is 19.3. The lowest BCUT2D eigenvalue weighted by Gasteiger charge is -2.39. The van der Waals surface area contributed by atoms with E-state index in [0.717, 1.165) is 31.9 Å². The van der Waals surface area contributed by atoms with E-state index in [2.05, 4.69) is 56.0 Å². The second-order valence-corrected chi connectivity index (χ2v) is 7.06. The highest BCUT2D eigenvalue weighted by atomic mass is 16.2. The van der Waals surface area contributed by atoms with Gasteiger partial charge in [0.25, 0.3) is 0 Å². The normalized spacial score (nSPS) is 14.5. The van der Waals surface area contributed by atoms with E-state index in [9.17, 15) is 4.79 Å². The number of aryl methyl sites for hydroxylation is 2. The molecule has 26 heavy (non-hydrogen) atoms. The van der Waals surface area contributed by atoms with Crippen LogP contribution in [0.5, 0.6) is 0 Å². The highest BCUT2D eigenvalue weighted by Gasteiger charge is 2.26. The van der Waals surface area contributed by atoms with E-state index >= 15 is 0 Å². The number of amides is 2. The highest BCUT2D eigenvalue weighted by Crippen LogP contribution is 2.24. The van der Waals surface area contributed by atoms with E-state index in [1.54, 1.807) is 0 Å². The first-order chi connectivity index (χ1) is 12.5. The van der Waals surface area contributed by atoms with Crippen LogP contribution in [-0.2, 0) is 0 Å². The first-order valence-electron chi connectivity index (χ1n) is 9.45. The van der Waals surface area contributed by atoms with Crippen LogP contribution in [0.15, 0.2) is 42.5 Å². The molecule has 0 radical (unpaired) electrons. The average molecular weight is 351 g/mol. The summed E-state index contributed by atoms with van der Waals surface area (Å²) in [6.45, 7) is 12.4. The van der Waals surface area contributed by atoms with E-state index in [1.165, 1.54) is 22.4 Å². The fourth-order valence-electron chi connectivity index (χ4n) is 3.61. The molecule has 0 aromatic heterocycles. The Labute approximate surface area is 157 Å². The van der Waals surface area contributed by atoms with Gasteiger partial charge in [0.2, 0.25) is 0 Å². The number of urea groups is 1. The average Bonchev–Trinajstić information content (AvgIpc) is 2.65. The Bertz CT molecular complexity index is 779. The molecule has 1 fully saturated rings. The zero-order chi connectivity index (χ0) is 18.7. The molecule has 4 nitrogen and oxygen atoms in total. The second-order valence-electron chi connectivity index (χ2n) is 7.06. The molecule has 0 unspecified atom stereocenters. The van der Waals surface area contributed by atoms with Crippen LogP contribution in [-0.4, -0.2) is 43.7 Å². The van der Waals surface area contributed by atoms with Gasteiger partial charge in [-0.2, -0.15) is 0 Å². The number of hydrogen-bond donors (Lipinski definition) is 0. The molecule has 1 aliphatic heterocycles. The number of piperazine rings is 1. The van der Waals surface area contributed by atoms with Crippen molar-refractivity contribution < 1.29 is 4.79 Å². The van der Waals surface area contributed by atoms with Crippen LogP contribution in [0.3, 0.4) is 0 Å². The quantitative estimate of drug-likeness (QED) is 0.820. The van der Waals surface area contributed by atoms with E-state index in [-0.39, 0.29) is 6.03 Å². The molecule has 2 aromatic carbocycles. The van der Waals surface area contributed by atoms with E-state index < -0.39 is 0 Å². The Morgan fingerprint density at radius 2 is 1.69 bits per heavy atom. The summed E-state index contributed by atoms with van der Waals surface area (Å²) >= 11 is 0. The van der Waals surface area contributed by atoms with Crippen LogP contribution < -0.4 is 9.80 Å². The number of carbonyl (C=O) groups is 1. The lowest BCUT2D eigenvalue weighted by molar-refractivity contribution is 0.201. The van der Waals surface area contributed by atoms with Gasteiger partial charge < -0.3 is 9.80 Å². The van der Waals surface area contributed by atoms with Crippen molar-refractivity contribution in [2.24, 2.45) is 0 Å². The standard InChI is InChI=1S/C22H29N3O/c1-5-25(20-10-6-8-17(2)16-20)22(26)24-14-12-23(13-15-24)21-11-7-9-18(3)19(21)4/h6-11,16H,5,12-15H2,1-4H3. The van der Waals surface area contributed by atoms with Crippen molar-refractivity contribution in [1.29, 1.82) is 0 Å². The Kier molecular flexibility index (Phi) is 5.50. The number of hydrogen-bond acceptors (Lipinski definition) is 2. The Balaban J connectivity index is 1.69. The molecule has 0 spiro atoms. The zero-order valence-electron chi connectivity index (χ0n) is 16.3. The zero-order valence-corrected chi connectivity index (χ0v) is 16.3. The molecule has 138 valence electrons. The molecular weight excluding hydrogens is 322 g/mol. The largest absolute Gasteiger partial charge is 0.368 e. The van der Waals surface area contributed by atoms with Crippen molar-refractivity contribution >= 4 is 17.4 Å². The summed E-state index contributed by atoms with van der Waals surface area (Å²) in [7, 11) is 0. The summed E-state index contributed by atoms with van der Waals surface area (Å²) < 4.78 is 0. The number of carbonyl (C=O) groups excluding carboxylic acids is 1. The van der Waals surface area contributed by atoms with Gasteiger partial charge in [0.05, 0.1) is 0 Å². The molecule has 1 saturated heterocycles. The summed E-state index contributed by atoms with van der Waals surface area (Å²) in [5, 5.41) is 0. The maximum Gasteiger partial charge on any atom is 0.324 e. The highest BCUT2D eigenvalue weighted by molar-refractivity contribution is 5.92. The van der Waals surface area contributed by atoms with Crippen molar-refractivity contribution in [3.63, 3.8) is 0 Å². The van der Waals surface area contributed by atoms with Gasteiger partial charge in [0, 0.05) is 44.1 Å². The van der Waals surface area contributed by atoms with Crippen molar-refractivity contribution in [3.05, 3.63) is 59.2 Å². The number of rotatable bonds is 3. The molecule has 3 rings (SSSR count). The molecular formula is C22H29N3O. The monoisotopic (exact) mass is 351 g/mol. The molecule has 1 aliphatic rings. The van der Waals surface area contributed by atoms with E-state index in [0.29, 0.717) is 6.54 Å². The minimum atomic E-state index is 0.110. The van der Waals surface area contributed by atoms with Gasteiger partial charge in [-0.3, -0.25) is 4.90 Å². The predicted octanol–water partition coefficient (Wildman–Crippen LogP) is 4.38. The molecule has 0 bridgehead atoms. The smallest absolute Gasteiger partial charge is 0.324 e. The first-order valence-corrected chi connectivity index (χ1v) is 9.45. The molecule has 0 aliphatic carbocycles. The lowest BCUT2D eigenvalue weighted by atomic mass is 10.1. The number of benzene rings is 2. The van der Waals surface area contributed by atoms with Gasteiger partial charge >= 0.3 is 6.03 Å². The Morgan fingerprint density at radius 3 is 2.35 bits per heavy atom. The molecule has 2 amide bonds. The fraction of sp³-hybridized carbons (Fsp3) is 0.409. The van der Waals surface area contributed by atoms with Gasteiger partial charge in [-0.1, -0.05) is 24.3 Å². The minimum Gasteiger partial charge on any atom is -0.368 e. The molecule has 1 heterocycles.